The smallest absolute Gasteiger partial charge is 0.141 e. The summed E-state index contributed by atoms with van der Waals surface area (Å²) in [5.74, 6) is 0.746. The Hall–Kier alpha value is -1.62. The van der Waals surface area contributed by atoms with Crippen LogP contribution in [0.4, 0.5) is 5.82 Å². The Morgan fingerprint density at radius 3 is 3.00 bits per heavy atom. The maximum atomic E-state index is 9.40. The van der Waals surface area contributed by atoms with Crippen molar-refractivity contribution in [3.63, 3.8) is 0 Å². The maximum absolute atomic E-state index is 9.40. The van der Waals surface area contributed by atoms with Crippen molar-refractivity contribution in [2.24, 2.45) is 5.73 Å². The van der Waals surface area contributed by atoms with Gasteiger partial charge in [0.05, 0.1) is 6.10 Å². The first kappa shape index (κ1) is 9.92. The Morgan fingerprint density at radius 2 is 2.40 bits per heavy atom. The molecule has 0 bridgehead atoms. The van der Waals surface area contributed by atoms with Crippen LogP contribution in [0.3, 0.4) is 0 Å². The van der Waals surface area contributed by atoms with Crippen molar-refractivity contribution in [3.8, 4) is 0 Å². The highest BCUT2D eigenvalue weighted by Gasteiger charge is 2.21. The molecule has 1 unspecified atom stereocenters. The first-order valence-corrected chi connectivity index (χ1v) is 4.91. The van der Waals surface area contributed by atoms with Crippen LogP contribution in [0.1, 0.15) is 12.1 Å². The summed E-state index contributed by atoms with van der Waals surface area (Å²) < 4.78 is 0. The number of aliphatic hydroxyl groups excluding tert-OH is 1. The van der Waals surface area contributed by atoms with Crippen molar-refractivity contribution in [2.45, 2.75) is 12.5 Å². The monoisotopic (exact) mass is 206 g/mol. The summed E-state index contributed by atoms with van der Waals surface area (Å²) in [4.78, 5) is 6.25. The number of nitrogens with zero attached hydrogens (tertiary/aromatic N) is 2. The molecule has 1 atom stereocenters. The highest BCUT2D eigenvalue weighted by Crippen LogP contribution is 2.17. The minimum absolute atomic E-state index is 0.0309. The largest absolute Gasteiger partial charge is 0.391 e. The number of nitrogen functional groups attached to an aromatic ring is 1. The van der Waals surface area contributed by atoms with Gasteiger partial charge in [-0.05, 0) is 18.6 Å². The van der Waals surface area contributed by atoms with Gasteiger partial charge in [0.1, 0.15) is 17.3 Å². The van der Waals surface area contributed by atoms with Gasteiger partial charge in [-0.2, -0.15) is 0 Å². The van der Waals surface area contributed by atoms with Crippen LogP contribution < -0.4 is 10.6 Å². The number of aromatic nitrogens is 1. The van der Waals surface area contributed by atoms with E-state index in [1.54, 1.807) is 6.07 Å². The van der Waals surface area contributed by atoms with E-state index in [9.17, 15) is 5.11 Å². The van der Waals surface area contributed by atoms with Gasteiger partial charge in [0.2, 0.25) is 0 Å². The fourth-order valence-electron chi connectivity index (χ4n) is 1.70. The van der Waals surface area contributed by atoms with Gasteiger partial charge in [0.25, 0.3) is 0 Å². The highest BCUT2D eigenvalue weighted by atomic mass is 16.3. The molecule has 5 heteroatoms. The number of rotatable bonds is 2. The van der Waals surface area contributed by atoms with Crippen LogP contribution in [0, 0.1) is 5.41 Å². The van der Waals surface area contributed by atoms with Crippen LogP contribution in [0.25, 0.3) is 0 Å². The maximum Gasteiger partial charge on any atom is 0.141 e. The van der Waals surface area contributed by atoms with Gasteiger partial charge in [-0.1, -0.05) is 6.07 Å². The Kier molecular flexibility index (Phi) is 2.55. The molecule has 1 aliphatic heterocycles. The molecule has 1 aromatic rings. The molecule has 5 nitrogen and oxygen atoms in total. The molecule has 0 saturated carbocycles. The molecule has 0 radical (unpaired) electrons. The molecule has 2 heterocycles. The third kappa shape index (κ3) is 2.07. The number of β-amino-alcohol motifs (C(OH)–C–C–N with tert-alkyl or cyclic N) is 1. The van der Waals surface area contributed by atoms with Gasteiger partial charge < -0.3 is 15.7 Å². The molecule has 2 rings (SSSR count). The molecule has 1 aromatic heterocycles. The van der Waals surface area contributed by atoms with E-state index in [0.717, 1.165) is 18.8 Å². The summed E-state index contributed by atoms with van der Waals surface area (Å²) in [6, 6.07) is 5.40. The molecule has 1 fully saturated rings. The van der Waals surface area contributed by atoms with Crippen molar-refractivity contribution >= 4 is 11.7 Å². The topological polar surface area (TPSA) is 86.2 Å². The fraction of sp³-hybridized carbons (Fsp3) is 0.400. The number of pyridine rings is 1. The van der Waals surface area contributed by atoms with Gasteiger partial charge in [0.15, 0.2) is 0 Å². The van der Waals surface area contributed by atoms with Crippen LogP contribution in [0.15, 0.2) is 18.2 Å². The number of aliphatic hydroxyl groups is 1. The molecule has 0 amide bonds. The summed E-state index contributed by atoms with van der Waals surface area (Å²) in [5.41, 5.74) is 5.84. The summed E-state index contributed by atoms with van der Waals surface area (Å²) in [5, 5.41) is 16.7. The first-order valence-electron chi connectivity index (χ1n) is 4.91. The number of hydrogen-bond acceptors (Lipinski definition) is 4. The van der Waals surface area contributed by atoms with Crippen molar-refractivity contribution in [2.75, 3.05) is 18.0 Å². The Labute approximate surface area is 88.0 Å². The molecule has 1 aliphatic rings. The van der Waals surface area contributed by atoms with Gasteiger partial charge in [0, 0.05) is 13.1 Å². The molecule has 0 aromatic carbocycles. The second kappa shape index (κ2) is 3.86. The zero-order valence-corrected chi connectivity index (χ0v) is 8.35. The van der Waals surface area contributed by atoms with Crippen molar-refractivity contribution in [1.82, 2.24) is 4.98 Å². The third-order valence-electron chi connectivity index (χ3n) is 2.50. The van der Waals surface area contributed by atoms with Crippen LogP contribution in [0.5, 0.6) is 0 Å². The van der Waals surface area contributed by atoms with Crippen LogP contribution in [-0.2, 0) is 0 Å². The van der Waals surface area contributed by atoms with Gasteiger partial charge >= 0.3 is 0 Å². The molecule has 4 N–H and O–H groups in total. The minimum atomic E-state index is -0.271. The summed E-state index contributed by atoms with van der Waals surface area (Å²) in [6.45, 7) is 1.41. The fourth-order valence-corrected chi connectivity index (χ4v) is 1.70. The number of hydrogen-bond donors (Lipinski definition) is 3. The van der Waals surface area contributed by atoms with Crippen molar-refractivity contribution < 1.29 is 5.11 Å². The van der Waals surface area contributed by atoms with Crippen molar-refractivity contribution in [1.29, 1.82) is 5.41 Å². The minimum Gasteiger partial charge on any atom is -0.391 e. The molecular formula is C10H14N4O. The van der Waals surface area contributed by atoms with Gasteiger partial charge in [-0.25, -0.2) is 4.98 Å². The average Bonchev–Trinajstić information content (AvgIpc) is 2.65. The molecule has 80 valence electrons. The SMILES string of the molecule is N=C(N)c1cccc(N2CCC(O)C2)n1. The standard InChI is InChI=1S/C10H14N4O/c11-10(12)8-2-1-3-9(13-8)14-5-4-7(15)6-14/h1-3,7,15H,4-6H2,(H3,11,12). The van der Waals surface area contributed by atoms with E-state index in [1.807, 2.05) is 17.0 Å². The lowest BCUT2D eigenvalue weighted by Crippen LogP contribution is -2.23. The summed E-state index contributed by atoms with van der Waals surface area (Å²) >= 11 is 0. The van der Waals surface area contributed by atoms with Gasteiger partial charge in [-0.3, -0.25) is 5.41 Å². The normalized spacial score (nSPS) is 20.6. The number of nitrogens with one attached hydrogen (secondary N) is 1. The van der Waals surface area contributed by atoms with Crippen molar-refractivity contribution in [3.05, 3.63) is 23.9 Å². The predicted octanol–water partition coefficient (Wildman–Crippen LogP) is -0.0633. The molecular weight excluding hydrogens is 192 g/mol. The number of anilines is 1. The predicted molar refractivity (Wildman–Crippen MR) is 58.1 cm³/mol. The summed E-state index contributed by atoms with van der Waals surface area (Å²) in [6.07, 6.45) is 0.499. The Bertz CT molecular complexity index is 379. The van der Waals surface area contributed by atoms with E-state index in [4.69, 9.17) is 11.1 Å². The molecule has 1 saturated heterocycles. The van der Waals surface area contributed by atoms with Gasteiger partial charge in [-0.15, -0.1) is 0 Å². The first-order chi connectivity index (χ1) is 7.16. The quantitative estimate of drug-likeness (QED) is 0.467. The molecule has 0 spiro atoms. The molecule has 0 aliphatic carbocycles. The second-order valence-electron chi connectivity index (χ2n) is 3.68. The van der Waals surface area contributed by atoms with E-state index in [2.05, 4.69) is 4.98 Å². The zero-order chi connectivity index (χ0) is 10.8. The third-order valence-corrected chi connectivity index (χ3v) is 2.50. The number of amidine groups is 1. The average molecular weight is 206 g/mol. The lowest BCUT2D eigenvalue weighted by atomic mass is 10.3. The lowest BCUT2D eigenvalue weighted by Gasteiger charge is -2.16. The Balaban J connectivity index is 2.21. The van der Waals surface area contributed by atoms with Crippen LogP contribution in [-0.4, -0.2) is 35.1 Å². The lowest BCUT2D eigenvalue weighted by molar-refractivity contribution is 0.198. The second-order valence-corrected chi connectivity index (χ2v) is 3.68. The molecule has 15 heavy (non-hydrogen) atoms. The number of nitrogens with two attached hydrogens (primary N) is 1. The van der Waals surface area contributed by atoms with E-state index in [0.29, 0.717) is 12.2 Å². The van der Waals surface area contributed by atoms with E-state index in [-0.39, 0.29) is 11.9 Å². The van der Waals surface area contributed by atoms with Crippen LogP contribution in [0.2, 0.25) is 0 Å². The highest BCUT2D eigenvalue weighted by molar-refractivity contribution is 5.93. The van der Waals surface area contributed by atoms with E-state index >= 15 is 0 Å². The van der Waals surface area contributed by atoms with E-state index < -0.39 is 0 Å². The van der Waals surface area contributed by atoms with Crippen LogP contribution >= 0.6 is 0 Å². The van der Waals surface area contributed by atoms with E-state index in [1.165, 1.54) is 0 Å². The zero-order valence-electron chi connectivity index (χ0n) is 8.35. The summed E-state index contributed by atoms with van der Waals surface area (Å²) in [7, 11) is 0. The Morgan fingerprint density at radius 1 is 1.60 bits per heavy atom.